The monoisotopic (exact) mass is 117 g/mol. The van der Waals surface area contributed by atoms with Crippen LogP contribution in [0, 0.1) is 0 Å². The molecule has 2 nitrogen and oxygen atoms in total. The van der Waals surface area contributed by atoms with Crippen molar-refractivity contribution in [2.75, 3.05) is 20.7 Å². The number of ether oxygens (including phenoxy) is 1. The Balaban J connectivity index is 2.86. The highest BCUT2D eigenvalue weighted by molar-refractivity contribution is 4.49. The van der Waals surface area contributed by atoms with Crippen molar-refractivity contribution in [1.29, 1.82) is 0 Å². The van der Waals surface area contributed by atoms with Crippen LogP contribution in [0.5, 0.6) is 0 Å². The van der Waals surface area contributed by atoms with Crippen LogP contribution in [0.25, 0.3) is 0 Å². The molecule has 1 atom stereocenters. The van der Waals surface area contributed by atoms with Gasteiger partial charge in [0.2, 0.25) is 0 Å². The first kappa shape index (κ1) is 7.92. The Morgan fingerprint density at radius 3 is 2.62 bits per heavy atom. The zero-order valence-electron chi connectivity index (χ0n) is 5.90. The SMILES string of the molecule is CNCCC(C)OC. The summed E-state index contributed by atoms with van der Waals surface area (Å²) in [5.74, 6) is 0. The van der Waals surface area contributed by atoms with E-state index in [1.165, 1.54) is 0 Å². The van der Waals surface area contributed by atoms with Gasteiger partial charge in [-0.05, 0) is 26.9 Å². The lowest BCUT2D eigenvalue weighted by atomic mass is 10.3. The van der Waals surface area contributed by atoms with Crippen LogP contribution >= 0.6 is 0 Å². The smallest absolute Gasteiger partial charge is 0.0555 e. The van der Waals surface area contributed by atoms with E-state index in [1.807, 2.05) is 7.05 Å². The van der Waals surface area contributed by atoms with Crippen LogP contribution in [-0.4, -0.2) is 26.8 Å². The molecule has 8 heavy (non-hydrogen) atoms. The van der Waals surface area contributed by atoms with Crippen molar-refractivity contribution in [3.63, 3.8) is 0 Å². The lowest BCUT2D eigenvalue weighted by molar-refractivity contribution is 0.111. The van der Waals surface area contributed by atoms with Gasteiger partial charge in [0, 0.05) is 7.11 Å². The zero-order chi connectivity index (χ0) is 6.41. The van der Waals surface area contributed by atoms with Gasteiger partial charge >= 0.3 is 0 Å². The Morgan fingerprint density at radius 1 is 1.62 bits per heavy atom. The van der Waals surface area contributed by atoms with Gasteiger partial charge in [-0.15, -0.1) is 0 Å². The third kappa shape index (κ3) is 4.09. The Morgan fingerprint density at radius 2 is 2.25 bits per heavy atom. The standard InChI is InChI=1S/C6H15NO/c1-6(8-3)4-5-7-2/h6-7H,4-5H2,1-3H3. The lowest BCUT2D eigenvalue weighted by Crippen LogP contribution is -2.15. The average Bonchev–Trinajstić information content (AvgIpc) is 1.83. The van der Waals surface area contributed by atoms with Crippen molar-refractivity contribution in [3.8, 4) is 0 Å². The molecule has 2 heteroatoms. The summed E-state index contributed by atoms with van der Waals surface area (Å²) in [6.07, 6.45) is 1.48. The first-order chi connectivity index (χ1) is 3.81. The molecule has 0 spiro atoms. The van der Waals surface area contributed by atoms with Gasteiger partial charge in [0.05, 0.1) is 6.10 Å². The maximum atomic E-state index is 5.01. The number of nitrogens with one attached hydrogen (secondary N) is 1. The first-order valence-corrected chi connectivity index (χ1v) is 2.98. The molecular weight excluding hydrogens is 102 g/mol. The van der Waals surface area contributed by atoms with Crippen molar-refractivity contribution < 1.29 is 4.74 Å². The molecule has 0 aliphatic rings. The van der Waals surface area contributed by atoms with Crippen molar-refractivity contribution >= 4 is 0 Å². The van der Waals surface area contributed by atoms with Gasteiger partial charge < -0.3 is 10.1 Å². The van der Waals surface area contributed by atoms with E-state index in [2.05, 4.69) is 12.2 Å². The van der Waals surface area contributed by atoms with Crippen molar-refractivity contribution in [2.24, 2.45) is 0 Å². The van der Waals surface area contributed by atoms with Crippen LogP contribution in [0.4, 0.5) is 0 Å². The second kappa shape index (κ2) is 5.06. The van der Waals surface area contributed by atoms with Gasteiger partial charge in [-0.2, -0.15) is 0 Å². The van der Waals surface area contributed by atoms with E-state index in [1.54, 1.807) is 7.11 Å². The van der Waals surface area contributed by atoms with E-state index in [0.29, 0.717) is 6.10 Å². The van der Waals surface area contributed by atoms with Crippen molar-refractivity contribution in [3.05, 3.63) is 0 Å². The topological polar surface area (TPSA) is 21.3 Å². The fraction of sp³-hybridized carbons (Fsp3) is 1.00. The minimum Gasteiger partial charge on any atom is -0.382 e. The van der Waals surface area contributed by atoms with Crippen LogP contribution in [0.15, 0.2) is 0 Å². The largest absolute Gasteiger partial charge is 0.382 e. The molecule has 0 heterocycles. The summed E-state index contributed by atoms with van der Waals surface area (Å²) in [6.45, 7) is 3.10. The minimum atomic E-state index is 0.391. The molecule has 50 valence electrons. The number of hydrogen-bond donors (Lipinski definition) is 1. The molecule has 0 fully saturated rings. The third-order valence-corrected chi connectivity index (χ3v) is 1.20. The normalized spacial score (nSPS) is 13.9. The van der Waals surface area contributed by atoms with Gasteiger partial charge in [0.15, 0.2) is 0 Å². The summed E-state index contributed by atoms with van der Waals surface area (Å²) in [6, 6.07) is 0. The van der Waals surface area contributed by atoms with Gasteiger partial charge in [-0.25, -0.2) is 0 Å². The molecule has 1 unspecified atom stereocenters. The summed E-state index contributed by atoms with van der Waals surface area (Å²) in [5.41, 5.74) is 0. The van der Waals surface area contributed by atoms with Crippen LogP contribution in [0.2, 0.25) is 0 Å². The van der Waals surface area contributed by atoms with Crippen LogP contribution in [0.1, 0.15) is 13.3 Å². The Bertz CT molecular complexity index is 47.8. The molecule has 1 N–H and O–H groups in total. The van der Waals surface area contributed by atoms with Gasteiger partial charge in [-0.3, -0.25) is 0 Å². The van der Waals surface area contributed by atoms with E-state index in [9.17, 15) is 0 Å². The first-order valence-electron chi connectivity index (χ1n) is 2.98. The fourth-order valence-corrected chi connectivity index (χ4v) is 0.465. The van der Waals surface area contributed by atoms with Crippen molar-refractivity contribution in [2.45, 2.75) is 19.4 Å². The van der Waals surface area contributed by atoms with E-state index in [-0.39, 0.29) is 0 Å². The maximum Gasteiger partial charge on any atom is 0.0555 e. The molecule has 0 amide bonds. The Hall–Kier alpha value is -0.0800. The zero-order valence-corrected chi connectivity index (χ0v) is 5.90. The molecule has 0 aromatic carbocycles. The molecule has 0 aromatic heterocycles. The minimum absolute atomic E-state index is 0.391. The molecule has 0 aliphatic heterocycles. The molecule has 0 bridgehead atoms. The number of methoxy groups -OCH3 is 1. The summed E-state index contributed by atoms with van der Waals surface area (Å²) >= 11 is 0. The second-order valence-electron chi connectivity index (χ2n) is 1.94. The molecule has 0 radical (unpaired) electrons. The summed E-state index contributed by atoms with van der Waals surface area (Å²) in [5, 5.41) is 3.05. The molecule has 0 saturated carbocycles. The Kier molecular flexibility index (Phi) is 5.01. The highest BCUT2D eigenvalue weighted by Crippen LogP contribution is 1.91. The maximum absolute atomic E-state index is 5.01. The summed E-state index contributed by atoms with van der Waals surface area (Å²) in [7, 11) is 3.68. The number of rotatable bonds is 4. The molecule has 0 rings (SSSR count). The highest BCUT2D eigenvalue weighted by atomic mass is 16.5. The molecular formula is C6H15NO. The van der Waals surface area contributed by atoms with Crippen LogP contribution in [-0.2, 0) is 4.74 Å². The van der Waals surface area contributed by atoms with E-state index in [0.717, 1.165) is 13.0 Å². The fourth-order valence-electron chi connectivity index (χ4n) is 0.465. The summed E-state index contributed by atoms with van der Waals surface area (Å²) in [4.78, 5) is 0. The highest BCUT2D eigenvalue weighted by Gasteiger charge is 1.94. The van der Waals surface area contributed by atoms with Gasteiger partial charge in [-0.1, -0.05) is 0 Å². The third-order valence-electron chi connectivity index (χ3n) is 1.20. The molecule has 0 saturated heterocycles. The van der Waals surface area contributed by atoms with Gasteiger partial charge in [0.25, 0.3) is 0 Å². The number of hydrogen-bond acceptors (Lipinski definition) is 2. The molecule has 0 aromatic rings. The van der Waals surface area contributed by atoms with Crippen LogP contribution < -0.4 is 5.32 Å². The summed E-state index contributed by atoms with van der Waals surface area (Å²) < 4.78 is 5.01. The second-order valence-corrected chi connectivity index (χ2v) is 1.94. The van der Waals surface area contributed by atoms with E-state index >= 15 is 0 Å². The van der Waals surface area contributed by atoms with Gasteiger partial charge in [0.1, 0.15) is 0 Å². The molecule has 0 aliphatic carbocycles. The van der Waals surface area contributed by atoms with E-state index in [4.69, 9.17) is 4.74 Å². The van der Waals surface area contributed by atoms with Crippen LogP contribution in [0.3, 0.4) is 0 Å². The van der Waals surface area contributed by atoms with E-state index < -0.39 is 0 Å². The van der Waals surface area contributed by atoms with Crippen molar-refractivity contribution in [1.82, 2.24) is 5.32 Å². The predicted molar refractivity (Wildman–Crippen MR) is 35.0 cm³/mol. The average molecular weight is 117 g/mol. The Labute approximate surface area is 51.2 Å². The predicted octanol–water partition coefficient (Wildman–Crippen LogP) is 0.631. The quantitative estimate of drug-likeness (QED) is 0.583. The lowest BCUT2D eigenvalue weighted by Gasteiger charge is -2.06.